The summed E-state index contributed by atoms with van der Waals surface area (Å²) in [4.78, 5) is 4.44. The van der Waals surface area contributed by atoms with E-state index < -0.39 is 0 Å². The van der Waals surface area contributed by atoms with Crippen molar-refractivity contribution in [3.63, 3.8) is 0 Å². The minimum Gasteiger partial charge on any atom is -0.384 e. The first-order valence-corrected chi connectivity index (χ1v) is 7.01. The van der Waals surface area contributed by atoms with Gasteiger partial charge >= 0.3 is 0 Å². The van der Waals surface area contributed by atoms with Crippen molar-refractivity contribution in [1.29, 1.82) is 5.41 Å². The molecule has 0 aromatic carbocycles. The molecule has 20 heavy (non-hydrogen) atoms. The predicted molar refractivity (Wildman–Crippen MR) is 84.6 cm³/mol. The first kappa shape index (κ1) is 16.5. The molecule has 6 nitrogen and oxygen atoms in total. The molecule has 3 N–H and O–H groups in total. The average molecular weight is 280 g/mol. The van der Waals surface area contributed by atoms with E-state index in [4.69, 9.17) is 11.1 Å². The van der Waals surface area contributed by atoms with Crippen LogP contribution < -0.4 is 10.6 Å². The zero-order valence-corrected chi connectivity index (χ0v) is 13.6. The lowest BCUT2D eigenvalue weighted by atomic mass is 10.1. The van der Waals surface area contributed by atoms with Gasteiger partial charge in [0.05, 0.1) is 11.3 Å². The number of likely N-dealkylation sites (N-methyl/N-ethyl adjacent to an activating group) is 1. The van der Waals surface area contributed by atoms with E-state index in [0.29, 0.717) is 5.92 Å². The van der Waals surface area contributed by atoms with Gasteiger partial charge in [0.15, 0.2) is 0 Å². The standard InChI is InChI=1S/C14H28N6/c1-10(2)9-20(8-7-18(4)5)14-12(13(15)16)11(3)17-19(14)6/h10H,7-9H2,1-6H3,(H3,15,16). The molecule has 0 aliphatic rings. The van der Waals surface area contributed by atoms with E-state index in [1.54, 1.807) is 0 Å². The van der Waals surface area contributed by atoms with Crippen molar-refractivity contribution >= 4 is 11.7 Å². The number of hydrogen-bond donors (Lipinski definition) is 2. The second kappa shape index (κ2) is 6.74. The summed E-state index contributed by atoms with van der Waals surface area (Å²) in [7, 11) is 6.04. The lowest BCUT2D eigenvalue weighted by Crippen LogP contribution is -2.36. The summed E-state index contributed by atoms with van der Waals surface area (Å²) in [6.45, 7) is 9.06. The van der Waals surface area contributed by atoms with E-state index >= 15 is 0 Å². The molecule has 0 radical (unpaired) electrons. The fourth-order valence-corrected chi connectivity index (χ4v) is 2.37. The Hall–Kier alpha value is -1.56. The van der Waals surface area contributed by atoms with Crippen LogP contribution in [0, 0.1) is 18.3 Å². The third-order valence-corrected chi connectivity index (χ3v) is 3.16. The molecule has 0 aliphatic carbocycles. The Morgan fingerprint density at radius 2 is 1.95 bits per heavy atom. The van der Waals surface area contributed by atoms with E-state index in [-0.39, 0.29) is 5.84 Å². The van der Waals surface area contributed by atoms with Gasteiger partial charge in [0.2, 0.25) is 0 Å². The number of anilines is 1. The Morgan fingerprint density at radius 3 is 2.40 bits per heavy atom. The minimum absolute atomic E-state index is 0.0872. The molecule has 1 aromatic rings. The number of aryl methyl sites for hydroxylation is 2. The second-order valence-corrected chi connectivity index (χ2v) is 5.96. The van der Waals surface area contributed by atoms with Gasteiger partial charge in [0.25, 0.3) is 0 Å². The zero-order valence-electron chi connectivity index (χ0n) is 13.6. The fourth-order valence-electron chi connectivity index (χ4n) is 2.37. The molecular weight excluding hydrogens is 252 g/mol. The number of rotatable bonds is 7. The maximum Gasteiger partial charge on any atom is 0.137 e. The highest BCUT2D eigenvalue weighted by atomic mass is 15.4. The van der Waals surface area contributed by atoms with Crippen LogP contribution in [0.15, 0.2) is 0 Å². The summed E-state index contributed by atoms with van der Waals surface area (Å²) in [5, 5.41) is 12.2. The van der Waals surface area contributed by atoms with E-state index in [0.717, 1.165) is 36.7 Å². The Kier molecular flexibility index (Phi) is 5.56. The molecule has 0 saturated carbocycles. The minimum atomic E-state index is 0.0872. The van der Waals surface area contributed by atoms with E-state index in [2.05, 4.69) is 42.8 Å². The molecule has 0 spiro atoms. The topological polar surface area (TPSA) is 74.2 Å². The lowest BCUT2D eigenvalue weighted by molar-refractivity contribution is 0.407. The molecule has 0 atom stereocenters. The summed E-state index contributed by atoms with van der Waals surface area (Å²) in [5.74, 6) is 1.57. The van der Waals surface area contributed by atoms with Gasteiger partial charge in [-0.2, -0.15) is 5.10 Å². The van der Waals surface area contributed by atoms with Gasteiger partial charge in [-0.1, -0.05) is 13.8 Å². The van der Waals surface area contributed by atoms with Crippen LogP contribution in [-0.2, 0) is 7.05 Å². The molecule has 0 bridgehead atoms. The van der Waals surface area contributed by atoms with Crippen molar-refractivity contribution in [1.82, 2.24) is 14.7 Å². The van der Waals surface area contributed by atoms with Gasteiger partial charge in [0.1, 0.15) is 11.7 Å². The summed E-state index contributed by atoms with van der Waals surface area (Å²) in [6, 6.07) is 0. The largest absolute Gasteiger partial charge is 0.384 e. The molecule has 0 unspecified atom stereocenters. The summed E-state index contributed by atoms with van der Waals surface area (Å²) >= 11 is 0. The normalized spacial score (nSPS) is 11.4. The Labute approximate surface area is 122 Å². The molecule has 1 aromatic heterocycles. The van der Waals surface area contributed by atoms with Crippen molar-refractivity contribution < 1.29 is 0 Å². The summed E-state index contributed by atoms with van der Waals surface area (Å²) < 4.78 is 1.84. The molecule has 114 valence electrons. The highest BCUT2D eigenvalue weighted by Gasteiger charge is 2.21. The lowest BCUT2D eigenvalue weighted by Gasteiger charge is -2.28. The highest BCUT2D eigenvalue weighted by Crippen LogP contribution is 2.23. The summed E-state index contributed by atoms with van der Waals surface area (Å²) in [5.41, 5.74) is 7.32. The zero-order chi connectivity index (χ0) is 15.4. The van der Waals surface area contributed by atoms with Gasteiger partial charge in [-0.25, -0.2) is 0 Å². The molecule has 0 saturated heterocycles. The van der Waals surface area contributed by atoms with Crippen molar-refractivity contribution in [3.05, 3.63) is 11.3 Å². The monoisotopic (exact) mass is 280 g/mol. The molecule has 0 amide bonds. The van der Waals surface area contributed by atoms with Crippen LogP contribution in [-0.4, -0.2) is 54.2 Å². The number of nitrogen functional groups attached to an aromatic ring is 1. The molecule has 1 rings (SSSR count). The molecule has 1 heterocycles. The Bertz CT molecular complexity index is 460. The maximum atomic E-state index is 7.81. The molecule has 6 heteroatoms. The van der Waals surface area contributed by atoms with Crippen LogP contribution in [0.2, 0.25) is 0 Å². The van der Waals surface area contributed by atoms with Crippen LogP contribution in [0.5, 0.6) is 0 Å². The Morgan fingerprint density at radius 1 is 1.35 bits per heavy atom. The van der Waals surface area contributed by atoms with Crippen LogP contribution in [0.25, 0.3) is 0 Å². The molecule has 0 fully saturated rings. The second-order valence-electron chi connectivity index (χ2n) is 5.96. The first-order chi connectivity index (χ1) is 9.23. The molecule has 0 aliphatic heterocycles. The van der Waals surface area contributed by atoms with Crippen molar-refractivity contribution in [2.24, 2.45) is 18.7 Å². The number of amidine groups is 1. The SMILES string of the molecule is Cc1nn(C)c(N(CCN(C)C)CC(C)C)c1C(=N)N. The first-order valence-electron chi connectivity index (χ1n) is 7.01. The third kappa shape index (κ3) is 3.96. The Balaban J connectivity index is 3.15. The maximum absolute atomic E-state index is 7.81. The van der Waals surface area contributed by atoms with Crippen LogP contribution >= 0.6 is 0 Å². The van der Waals surface area contributed by atoms with Gasteiger partial charge in [0, 0.05) is 26.7 Å². The smallest absolute Gasteiger partial charge is 0.137 e. The number of hydrogen-bond acceptors (Lipinski definition) is 4. The van der Waals surface area contributed by atoms with E-state index in [1.807, 2.05) is 18.7 Å². The highest BCUT2D eigenvalue weighted by molar-refractivity contribution is 6.00. The predicted octanol–water partition coefficient (Wildman–Crippen LogP) is 1.04. The fraction of sp³-hybridized carbons (Fsp3) is 0.714. The van der Waals surface area contributed by atoms with Crippen LogP contribution in [0.3, 0.4) is 0 Å². The van der Waals surface area contributed by atoms with Gasteiger partial charge in [-0.3, -0.25) is 10.1 Å². The average Bonchev–Trinajstić information content (AvgIpc) is 2.58. The van der Waals surface area contributed by atoms with E-state index in [1.165, 1.54) is 0 Å². The third-order valence-electron chi connectivity index (χ3n) is 3.16. The number of aromatic nitrogens is 2. The van der Waals surface area contributed by atoms with Crippen LogP contribution in [0.1, 0.15) is 25.1 Å². The van der Waals surface area contributed by atoms with Gasteiger partial charge < -0.3 is 15.5 Å². The number of nitrogens with one attached hydrogen (secondary N) is 1. The summed E-state index contributed by atoms with van der Waals surface area (Å²) in [6.07, 6.45) is 0. The van der Waals surface area contributed by atoms with Gasteiger partial charge in [-0.05, 0) is 26.9 Å². The van der Waals surface area contributed by atoms with E-state index in [9.17, 15) is 0 Å². The van der Waals surface area contributed by atoms with Crippen molar-refractivity contribution in [2.75, 3.05) is 38.6 Å². The number of nitrogens with two attached hydrogens (primary N) is 1. The van der Waals surface area contributed by atoms with Crippen molar-refractivity contribution in [2.45, 2.75) is 20.8 Å². The van der Waals surface area contributed by atoms with Crippen LogP contribution in [0.4, 0.5) is 5.82 Å². The van der Waals surface area contributed by atoms with Crippen molar-refractivity contribution in [3.8, 4) is 0 Å². The molecular formula is C14H28N6. The van der Waals surface area contributed by atoms with Gasteiger partial charge in [-0.15, -0.1) is 0 Å². The number of nitrogens with zero attached hydrogens (tertiary/aromatic N) is 4. The quantitative estimate of drug-likeness (QED) is 0.578.